The fraction of sp³-hybridized carbons (Fsp3) is 0.286. The van der Waals surface area contributed by atoms with Crippen molar-refractivity contribution in [3.8, 4) is 17.3 Å². The van der Waals surface area contributed by atoms with Crippen LogP contribution in [0.4, 0.5) is 5.82 Å². The van der Waals surface area contributed by atoms with E-state index in [0.29, 0.717) is 5.56 Å². The Morgan fingerprint density at radius 2 is 2.00 bits per heavy atom. The molecule has 0 aromatic carbocycles. The summed E-state index contributed by atoms with van der Waals surface area (Å²) in [4.78, 5) is 13.0. The molecule has 0 unspecified atom stereocenters. The third-order valence-electron chi connectivity index (χ3n) is 2.68. The SMILES string of the molecule is CNc1cc(-c2cncc(C#N)c2)nc(C(C)C)n1. The van der Waals surface area contributed by atoms with E-state index in [1.807, 2.05) is 27.0 Å². The molecule has 0 saturated carbocycles. The molecule has 0 bridgehead atoms. The van der Waals surface area contributed by atoms with Gasteiger partial charge in [0.15, 0.2) is 0 Å². The third kappa shape index (κ3) is 2.86. The van der Waals surface area contributed by atoms with Crippen molar-refractivity contribution in [3.63, 3.8) is 0 Å². The summed E-state index contributed by atoms with van der Waals surface area (Å²) in [6.07, 6.45) is 3.24. The van der Waals surface area contributed by atoms with Gasteiger partial charge >= 0.3 is 0 Å². The van der Waals surface area contributed by atoms with Gasteiger partial charge < -0.3 is 5.32 Å². The first-order valence-electron chi connectivity index (χ1n) is 6.06. The quantitative estimate of drug-likeness (QED) is 0.909. The molecule has 0 saturated heterocycles. The maximum atomic E-state index is 8.92. The van der Waals surface area contributed by atoms with Gasteiger partial charge in [0.25, 0.3) is 0 Å². The van der Waals surface area contributed by atoms with E-state index in [-0.39, 0.29) is 5.92 Å². The normalized spacial score (nSPS) is 10.3. The Kier molecular flexibility index (Phi) is 3.71. The van der Waals surface area contributed by atoms with Crippen molar-refractivity contribution in [1.29, 1.82) is 5.26 Å². The molecular formula is C14H15N5. The minimum absolute atomic E-state index is 0.235. The molecular weight excluding hydrogens is 238 g/mol. The first-order valence-corrected chi connectivity index (χ1v) is 6.06. The van der Waals surface area contributed by atoms with Gasteiger partial charge in [0.1, 0.15) is 17.7 Å². The van der Waals surface area contributed by atoms with Crippen LogP contribution in [-0.4, -0.2) is 22.0 Å². The summed E-state index contributed by atoms with van der Waals surface area (Å²) in [6.45, 7) is 4.09. The number of nitrogens with one attached hydrogen (secondary N) is 1. The number of aromatic nitrogens is 3. The van der Waals surface area contributed by atoms with Crippen molar-refractivity contribution in [2.24, 2.45) is 0 Å². The summed E-state index contributed by atoms with van der Waals surface area (Å²) in [7, 11) is 1.82. The molecule has 2 heterocycles. The Hall–Kier alpha value is -2.48. The Balaban J connectivity index is 2.54. The molecule has 0 spiro atoms. The Morgan fingerprint density at radius 3 is 2.63 bits per heavy atom. The third-order valence-corrected chi connectivity index (χ3v) is 2.68. The van der Waals surface area contributed by atoms with Crippen LogP contribution in [-0.2, 0) is 0 Å². The van der Waals surface area contributed by atoms with Crippen molar-refractivity contribution in [3.05, 3.63) is 35.9 Å². The van der Waals surface area contributed by atoms with Crippen LogP contribution in [0.25, 0.3) is 11.3 Å². The lowest BCUT2D eigenvalue weighted by molar-refractivity contribution is 0.777. The van der Waals surface area contributed by atoms with Crippen LogP contribution in [0.3, 0.4) is 0 Å². The van der Waals surface area contributed by atoms with E-state index in [9.17, 15) is 0 Å². The zero-order valence-electron chi connectivity index (χ0n) is 11.2. The molecule has 5 heteroatoms. The van der Waals surface area contributed by atoms with Crippen LogP contribution in [0.15, 0.2) is 24.5 Å². The second-order valence-corrected chi connectivity index (χ2v) is 4.48. The van der Waals surface area contributed by atoms with E-state index in [2.05, 4.69) is 26.3 Å². The van der Waals surface area contributed by atoms with Crippen LogP contribution < -0.4 is 5.32 Å². The zero-order valence-corrected chi connectivity index (χ0v) is 11.2. The Bertz CT molecular complexity index is 628. The molecule has 1 N–H and O–H groups in total. The number of pyridine rings is 1. The first kappa shape index (κ1) is 13.0. The molecule has 96 valence electrons. The predicted molar refractivity (Wildman–Crippen MR) is 73.6 cm³/mol. The lowest BCUT2D eigenvalue weighted by atomic mass is 10.1. The highest BCUT2D eigenvalue weighted by Gasteiger charge is 2.09. The van der Waals surface area contributed by atoms with Crippen molar-refractivity contribution in [1.82, 2.24) is 15.0 Å². The number of rotatable bonds is 3. The van der Waals surface area contributed by atoms with Gasteiger partial charge in [-0.1, -0.05) is 13.8 Å². The standard InChI is InChI=1S/C14H15N5/c1-9(2)14-18-12(5-13(16-3)19-14)11-4-10(6-15)7-17-8-11/h4-5,7-9H,1-3H3,(H,16,18,19). The van der Waals surface area contributed by atoms with E-state index in [0.717, 1.165) is 22.9 Å². The highest BCUT2D eigenvalue weighted by molar-refractivity contribution is 5.63. The molecule has 0 fully saturated rings. The average molecular weight is 253 g/mol. The zero-order chi connectivity index (χ0) is 13.8. The van der Waals surface area contributed by atoms with E-state index in [1.165, 1.54) is 6.20 Å². The van der Waals surface area contributed by atoms with Crippen LogP contribution in [0, 0.1) is 11.3 Å². The molecule has 2 rings (SSSR count). The summed E-state index contributed by atoms with van der Waals surface area (Å²) in [6, 6.07) is 5.71. The maximum Gasteiger partial charge on any atom is 0.133 e. The predicted octanol–water partition coefficient (Wildman–Crippen LogP) is 2.58. The fourth-order valence-corrected chi connectivity index (χ4v) is 1.64. The summed E-state index contributed by atoms with van der Waals surface area (Å²) >= 11 is 0. The van der Waals surface area contributed by atoms with Crippen LogP contribution in [0.2, 0.25) is 0 Å². The first-order chi connectivity index (χ1) is 9.13. The number of hydrogen-bond acceptors (Lipinski definition) is 5. The summed E-state index contributed by atoms with van der Waals surface area (Å²) in [5.41, 5.74) is 2.11. The molecule has 0 aliphatic carbocycles. The van der Waals surface area contributed by atoms with Gasteiger partial charge in [-0.15, -0.1) is 0 Å². The highest BCUT2D eigenvalue weighted by Crippen LogP contribution is 2.22. The van der Waals surface area contributed by atoms with Gasteiger partial charge in [-0.05, 0) is 6.07 Å². The topological polar surface area (TPSA) is 74.5 Å². The van der Waals surface area contributed by atoms with E-state index < -0.39 is 0 Å². The second-order valence-electron chi connectivity index (χ2n) is 4.48. The van der Waals surface area contributed by atoms with Gasteiger partial charge in [-0.2, -0.15) is 5.26 Å². The number of anilines is 1. The van der Waals surface area contributed by atoms with Gasteiger partial charge in [0.05, 0.1) is 11.3 Å². The van der Waals surface area contributed by atoms with Crippen LogP contribution >= 0.6 is 0 Å². The molecule has 2 aromatic heterocycles. The Morgan fingerprint density at radius 1 is 1.21 bits per heavy atom. The lowest BCUT2D eigenvalue weighted by Gasteiger charge is -2.09. The molecule has 0 aliphatic heterocycles. The minimum Gasteiger partial charge on any atom is -0.373 e. The van der Waals surface area contributed by atoms with Gasteiger partial charge in [0, 0.05) is 37.0 Å². The number of hydrogen-bond donors (Lipinski definition) is 1. The van der Waals surface area contributed by atoms with E-state index >= 15 is 0 Å². The Labute approximate surface area is 112 Å². The largest absolute Gasteiger partial charge is 0.373 e. The molecule has 0 aliphatic rings. The lowest BCUT2D eigenvalue weighted by Crippen LogP contribution is -2.03. The highest BCUT2D eigenvalue weighted by atomic mass is 15.0. The van der Waals surface area contributed by atoms with Gasteiger partial charge in [-0.3, -0.25) is 4.98 Å². The number of nitrogens with zero attached hydrogens (tertiary/aromatic N) is 4. The van der Waals surface area contributed by atoms with Crippen molar-refractivity contribution in [2.75, 3.05) is 12.4 Å². The smallest absolute Gasteiger partial charge is 0.133 e. The molecule has 0 radical (unpaired) electrons. The molecule has 0 atom stereocenters. The van der Waals surface area contributed by atoms with Crippen molar-refractivity contribution >= 4 is 5.82 Å². The summed E-state index contributed by atoms with van der Waals surface area (Å²) in [5.74, 6) is 1.76. The van der Waals surface area contributed by atoms with Crippen molar-refractivity contribution in [2.45, 2.75) is 19.8 Å². The number of nitriles is 1. The molecule has 2 aromatic rings. The maximum absolute atomic E-state index is 8.92. The van der Waals surface area contributed by atoms with E-state index in [1.54, 1.807) is 12.3 Å². The molecule has 19 heavy (non-hydrogen) atoms. The summed E-state index contributed by atoms with van der Waals surface area (Å²) < 4.78 is 0. The minimum atomic E-state index is 0.235. The van der Waals surface area contributed by atoms with Crippen LogP contribution in [0.5, 0.6) is 0 Å². The fourth-order valence-electron chi connectivity index (χ4n) is 1.64. The van der Waals surface area contributed by atoms with Crippen molar-refractivity contribution < 1.29 is 0 Å². The van der Waals surface area contributed by atoms with Gasteiger partial charge in [0.2, 0.25) is 0 Å². The average Bonchev–Trinajstić information content (AvgIpc) is 2.46. The monoisotopic (exact) mass is 253 g/mol. The van der Waals surface area contributed by atoms with Crippen LogP contribution in [0.1, 0.15) is 31.2 Å². The molecule has 5 nitrogen and oxygen atoms in total. The van der Waals surface area contributed by atoms with Gasteiger partial charge in [-0.25, -0.2) is 9.97 Å². The second kappa shape index (κ2) is 5.44. The molecule has 0 amide bonds. The summed E-state index contributed by atoms with van der Waals surface area (Å²) in [5, 5.41) is 11.9. The van der Waals surface area contributed by atoms with E-state index in [4.69, 9.17) is 5.26 Å².